The zero-order chi connectivity index (χ0) is 15.5. The Bertz CT molecular complexity index is 571. The van der Waals surface area contributed by atoms with Crippen LogP contribution in [0.3, 0.4) is 0 Å². The van der Waals surface area contributed by atoms with Crippen LogP contribution in [-0.4, -0.2) is 33.8 Å². The number of sulfone groups is 1. The largest absolute Gasteiger partial charge is 0.370 e. The summed E-state index contributed by atoms with van der Waals surface area (Å²) in [7, 11) is -1.21. The molecule has 2 unspecified atom stereocenters. The van der Waals surface area contributed by atoms with Crippen LogP contribution in [0.25, 0.3) is 0 Å². The van der Waals surface area contributed by atoms with E-state index in [9.17, 15) is 8.42 Å². The second-order valence-electron chi connectivity index (χ2n) is 5.89. The third-order valence-corrected chi connectivity index (χ3v) is 6.43. The number of nitrogens with zero attached hydrogens (tertiary/aromatic N) is 1. The van der Waals surface area contributed by atoms with Crippen molar-refractivity contribution in [2.45, 2.75) is 43.5 Å². The number of hydrogen-bond donors (Lipinski definition) is 1. The van der Waals surface area contributed by atoms with E-state index in [1.807, 2.05) is 26.1 Å². The van der Waals surface area contributed by atoms with Gasteiger partial charge in [-0.2, -0.15) is 0 Å². The van der Waals surface area contributed by atoms with E-state index in [1.54, 1.807) is 12.1 Å². The highest BCUT2D eigenvalue weighted by Crippen LogP contribution is 2.34. The second kappa shape index (κ2) is 6.79. The Labute approximate surface area is 128 Å². The summed E-state index contributed by atoms with van der Waals surface area (Å²) in [6, 6.07) is 7.68. The Kier molecular flexibility index (Phi) is 5.27. The summed E-state index contributed by atoms with van der Waals surface area (Å²) < 4.78 is 24.9. The molecule has 1 saturated carbocycles. The number of hydrogen-bond acceptors (Lipinski definition) is 4. The van der Waals surface area contributed by atoms with Crippen molar-refractivity contribution >= 4 is 15.5 Å². The number of para-hydroxylation sites is 1. The van der Waals surface area contributed by atoms with Gasteiger partial charge < -0.3 is 10.6 Å². The van der Waals surface area contributed by atoms with Crippen molar-refractivity contribution in [3.05, 3.63) is 24.3 Å². The molecular weight excluding hydrogens is 284 g/mol. The number of benzene rings is 1. The molecule has 0 amide bonds. The average Bonchev–Trinajstić information content (AvgIpc) is 2.95. The van der Waals surface area contributed by atoms with Gasteiger partial charge in [0.25, 0.3) is 0 Å². The van der Waals surface area contributed by atoms with Gasteiger partial charge in [-0.15, -0.1) is 0 Å². The molecule has 0 spiro atoms. The molecule has 5 heteroatoms. The van der Waals surface area contributed by atoms with Crippen LogP contribution in [0, 0.1) is 5.92 Å². The minimum Gasteiger partial charge on any atom is -0.370 e. The van der Waals surface area contributed by atoms with Gasteiger partial charge in [-0.25, -0.2) is 8.42 Å². The zero-order valence-electron chi connectivity index (χ0n) is 13.0. The van der Waals surface area contributed by atoms with Crippen molar-refractivity contribution in [2.75, 3.05) is 24.2 Å². The average molecular weight is 310 g/mol. The summed E-state index contributed by atoms with van der Waals surface area (Å²) >= 11 is 0. The Balaban J connectivity index is 2.36. The molecule has 2 N–H and O–H groups in total. The third kappa shape index (κ3) is 3.40. The van der Waals surface area contributed by atoms with E-state index in [-0.39, 0.29) is 5.75 Å². The highest BCUT2D eigenvalue weighted by Gasteiger charge is 2.31. The van der Waals surface area contributed by atoms with Crippen LogP contribution in [0.2, 0.25) is 0 Å². The zero-order valence-corrected chi connectivity index (χ0v) is 13.8. The van der Waals surface area contributed by atoms with E-state index in [0.717, 1.165) is 18.5 Å². The van der Waals surface area contributed by atoms with E-state index in [1.165, 1.54) is 6.42 Å². The fourth-order valence-electron chi connectivity index (χ4n) is 3.37. The molecule has 1 aromatic carbocycles. The van der Waals surface area contributed by atoms with Gasteiger partial charge >= 0.3 is 0 Å². The monoisotopic (exact) mass is 310 g/mol. The van der Waals surface area contributed by atoms with Crippen LogP contribution >= 0.6 is 0 Å². The molecule has 21 heavy (non-hydrogen) atoms. The molecule has 2 rings (SSSR count). The van der Waals surface area contributed by atoms with Gasteiger partial charge in [0.2, 0.25) is 0 Å². The lowest BCUT2D eigenvalue weighted by molar-refractivity contribution is 0.472. The fraction of sp³-hybridized carbons (Fsp3) is 0.625. The maximum Gasteiger partial charge on any atom is 0.180 e. The standard InChI is InChI=1S/C16H26N2O2S/c1-3-11-21(19,20)16-10-5-4-8-15(16)18(2)14-9-6-7-13(14)12-17/h4-5,8,10,13-14H,3,6-7,9,11-12,17H2,1-2H3. The number of anilines is 1. The van der Waals surface area contributed by atoms with Gasteiger partial charge in [0.15, 0.2) is 9.84 Å². The van der Waals surface area contributed by atoms with Crippen molar-refractivity contribution < 1.29 is 8.42 Å². The summed E-state index contributed by atoms with van der Waals surface area (Å²) in [6.07, 6.45) is 4.02. The fourth-order valence-corrected chi connectivity index (χ4v) is 4.94. The smallest absolute Gasteiger partial charge is 0.180 e. The number of nitrogens with two attached hydrogens (primary N) is 1. The second-order valence-corrected chi connectivity index (χ2v) is 7.97. The molecular formula is C16H26N2O2S. The Hall–Kier alpha value is -1.07. The summed E-state index contributed by atoms with van der Waals surface area (Å²) in [5.41, 5.74) is 6.68. The van der Waals surface area contributed by atoms with Crippen molar-refractivity contribution in [3.63, 3.8) is 0 Å². The normalized spacial score (nSPS) is 22.4. The Morgan fingerprint density at radius 3 is 2.67 bits per heavy atom. The van der Waals surface area contributed by atoms with Crippen molar-refractivity contribution in [3.8, 4) is 0 Å². The molecule has 0 bridgehead atoms. The van der Waals surface area contributed by atoms with Crippen LogP contribution < -0.4 is 10.6 Å². The van der Waals surface area contributed by atoms with Crippen LogP contribution in [0.1, 0.15) is 32.6 Å². The maximum absolute atomic E-state index is 12.5. The predicted molar refractivity (Wildman–Crippen MR) is 87.4 cm³/mol. The molecule has 0 aromatic heterocycles. The molecule has 118 valence electrons. The lowest BCUT2D eigenvalue weighted by Crippen LogP contribution is -2.38. The van der Waals surface area contributed by atoms with E-state index < -0.39 is 9.84 Å². The lowest BCUT2D eigenvalue weighted by Gasteiger charge is -2.32. The van der Waals surface area contributed by atoms with Gasteiger partial charge in [-0.1, -0.05) is 25.5 Å². The van der Waals surface area contributed by atoms with Crippen LogP contribution in [-0.2, 0) is 9.84 Å². The van der Waals surface area contributed by atoms with Crippen LogP contribution in [0.5, 0.6) is 0 Å². The minimum absolute atomic E-state index is 0.197. The van der Waals surface area contributed by atoms with Crippen molar-refractivity contribution in [1.29, 1.82) is 0 Å². The van der Waals surface area contributed by atoms with E-state index in [4.69, 9.17) is 5.73 Å². The third-order valence-electron chi connectivity index (χ3n) is 4.47. The quantitative estimate of drug-likeness (QED) is 0.876. The summed E-state index contributed by atoms with van der Waals surface area (Å²) in [4.78, 5) is 2.59. The first kappa shape index (κ1) is 16.3. The lowest BCUT2D eigenvalue weighted by atomic mass is 10.0. The van der Waals surface area contributed by atoms with Gasteiger partial charge in [-0.05, 0) is 43.9 Å². The summed E-state index contributed by atoms with van der Waals surface area (Å²) in [5, 5.41) is 0. The molecule has 1 aliphatic rings. The van der Waals surface area contributed by atoms with E-state index in [2.05, 4.69) is 4.90 Å². The van der Waals surface area contributed by atoms with E-state index in [0.29, 0.717) is 29.8 Å². The molecule has 0 saturated heterocycles. The minimum atomic E-state index is -3.21. The first-order chi connectivity index (χ1) is 10.0. The highest BCUT2D eigenvalue weighted by molar-refractivity contribution is 7.91. The molecule has 4 nitrogen and oxygen atoms in total. The molecule has 0 heterocycles. The molecule has 1 fully saturated rings. The van der Waals surface area contributed by atoms with Gasteiger partial charge in [0.1, 0.15) is 0 Å². The molecule has 0 aliphatic heterocycles. The number of rotatable bonds is 6. The Morgan fingerprint density at radius 1 is 1.29 bits per heavy atom. The van der Waals surface area contributed by atoms with Gasteiger partial charge in [-0.3, -0.25) is 0 Å². The predicted octanol–water partition coefficient (Wildman–Crippen LogP) is 2.43. The first-order valence-electron chi connectivity index (χ1n) is 7.76. The van der Waals surface area contributed by atoms with Crippen molar-refractivity contribution in [2.24, 2.45) is 11.7 Å². The Morgan fingerprint density at radius 2 is 2.00 bits per heavy atom. The van der Waals surface area contributed by atoms with Crippen molar-refractivity contribution in [1.82, 2.24) is 0 Å². The summed E-state index contributed by atoms with van der Waals surface area (Å²) in [5.74, 6) is 0.653. The molecule has 1 aliphatic carbocycles. The van der Waals surface area contributed by atoms with Crippen LogP contribution in [0.4, 0.5) is 5.69 Å². The molecule has 1 aromatic rings. The summed E-state index contributed by atoms with van der Waals surface area (Å²) in [6.45, 7) is 2.56. The van der Waals surface area contributed by atoms with Gasteiger partial charge in [0, 0.05) is 13.1 Å². The SMILES string of the molecule is CCCS(=O)(=O)c1ccccc1N(C)C1CCCC1CN. The van der Waals surface area contributed by atoms with Crippen LogP contribution in [0.15, 0.2) is 29.2 Å². The maximum atomic E-state index is 12.5. The first-order valence-corrected chi connectivity index (χ1v) is 9.41. The highest BCUT2D eigenvalue weighted by atomic mass is 32.2. The topological polar surface area (TPSA) is 63.4 Å². The van der Waals surface area contributed by atoms with E-state index >= 15 is 0 Å². The molecule has 0 radical (unpaired) electrons. The van der Waals surface area contributed by atoms with Gasteiger partial charge in [0.05, 0.1) is 16.3 Å². The molecule has 2 atom stereocenters.